The number of carbonyl (C=O) groups excluding carboxylic acids is 2. The maximum Gasteiger partial charge on any atom is 0.350 e. The summed E-state index contributed by atoms with van der Waals surface area (Å²) in [5.74, 6) is -2.65. The summed E-state index contributed by atoms with van der Waals surface area (Å²) in [5, 5.41) is 6.08. The Balaban J connectivity index is 1.46. The number of esters is 2. The highest BCUT2D eigenvalue weighted by atomic mass is 32.2. The van der Waals surface area contributed by atoms with Crippen molar-refractivity contribution in [3.05, 3.63) is 47.0 Å². The van der Waals surface area contributed by atoms with Gasteiger partial charge in [0.1, 0.15) is 0 Å². The van der Waals surface area contributed by atoms with Crippen molar-refractivity contribution in [1.29, 1.82) is 0 Å². The Morgan fingerprint density at radius 2 is 1.88 bits per heavy atom. The molecular formula is C18H17N3O4S. The number of carbonyl (C=O) groups is 2. The zero-order valence-corrected chi connectivity index (χ0v) is 15.1. The summed E-state index contributed by atoms with van der Waals surface area (Å²) in [6, 6.07) is 7.73. The van der Waals surface area contributed by atoms with Crippen molar-refractivity contribution in [3.8, 4) is 0 Å². The quantitative estimate of drug-likeness (QED) is 0.497. The van der Waals surface area contributed by atoms with E-state index in [1.54, 1.807) is 11.8 Å². The summed E-state index contributed by atoms with van der Waals surface area (Å²) in [4.78, 5) is 30.5. The van der Waals surface area contributed by atoms with Crippen molar-refractivity contribution < 1.29 is 19.1 Å². The number of fused-ring (bicyclic) bond motifs is 1. The third-order valence-corrected chi connectivity index (χ3v) is 4.95. The summed E-state index contributed by atoms with van der Waals surface area (Å²) >= 11 is 1.64. The standard InChI is InChI=1S/C18H17N3O4S/c1-18(2)24-15(22)13(16(23)25-18)9-20-12-5-3-11(4-6-12)14-10-26-17-19-7-8-21(14)17/h3-6,9-10,20H,7-8H2,1-2H3. The Morgan fingerprint density at radius 3 is 2.58 bits per heavy atom. The van der Waals surface area contributed by atoms with Crippen LogP contribution >= 0.6 is 11.8 Å². The number of benzene rings is 1. The molecule has 1 fully saturated rings. The molecule has 1 aromatic rings. The van der Waals surface area contributed by atoms with E-state index in [2.05, 4.69) is 20.6 Å². The molecule has 0 amide bonds. The number of amidine groups is 1. The van der Waals surface area contributed by atoms with E-state index in [0.29, 0.717) is 0 Å². The largest absolute Gasteiger partial charge is 0.419 e. The highest BCUT2D eigenvalue weighted by molar-refractivity contribution is 8.16. The number of hydrogen-bond acceptors (Lipinski definition) is 8. The van der Waals surface area contributed by atoms with Gasteiger partial charge in [0.05, 0.1) is 12.2 Å². The lowest BCUT2D eigenvalue weighted by atomic mass is 10.1. The molecule has 0 radical (unpaired) electrons. The molecule has 1 saturated heterocycles. The fourth-order valence-electron chi connectivity index (χ4n) is 2.82. The molecule has 1 N–H and O–H groups in total. The molecule has 3 aliphatic rings. The minimum Gasteiger partial charge on any atom is -0.419 e. The molecular weight excluding hydrogens is 354 g/mol. The molecule has 0 bridgehead atoms. The molecule has 8 heteroatoms. The Bertz CT molecular complexity index is 849. The topological polar surface area (TPSA) is 80.2 Å². The Kier molecular flexibility index (Phi) is 3.99. The first-order valence-corrected chi connectivity index (χ1v) is 9.03. The normalized spacial score (nSPS) is 20.8. The van der Waals surface area contributed by atoms with E-state index < -0.39 is 17.7 Å². The minimum absolute atomic E-state index is 0.166. The molecule has 0 aromatic heterocycles. The van der Waals surface area contributed by atoms with E-state index in [1.807, 2.05) is 24.3 Å². The number of nitrogens with zero attached hydrogens (tertiary/aromatic N) is 2. The molecule has 134 valence electrons. The van der Waals surface area contributed by atoms with E-state index in [9.17, 15) is 9.59 Å². The predicted octanol–water partition coefficient (Wildman–Crippen LogP) is 2.54. The Morgan fingerprint density at radius 1 is 1.19 bits per heavy atom. The zero-order chi connectivity index (χ0) is 18.3. The monoisotopic (exact) mass is 371 g/mol. The van der Waals surface area contributed by atoms with Crippen LogP contribution in [0.15, 0.2) is 46.4 Å². The summed E-state index contributed by atoms with van der Waals surface area (Å²) < 4.78 is 10.1. The molecule has 0 saturated carbocycles. The minimum atomic E-state index is -1.24. The van der Waals surface area contributed by atoms with Crippen LogP contribution < -0.4 is 5.32 Å². The molecule has 0 spiro atoms. The van der Waals surface area contributed by atoms with Crippen LogP contribution in [0.5, 0.6) is 0 Å². The number of aliphatic imine (C=N–C) groups is 1. The van der Waals surface area contributed by atoms with Gasteiger partial charge in [0.25, 0.3) is 5.79 Å². The number of hydrogen-bond donors (Lipinski definition) is 1. The number of ether oxygens (including phenoxy) is 2. The van der Waals surface area contributed by atoms with Crippen LogP contribution in [-0.4, -0.2) is 40.9 Å². The third-order valence-electron chi connectivity index (χ3n) is 4.05. The molecule has 3 aliphatic heterocycles. The lowest BCUT2D eigenvalue weighted by Gasteiger charge is -2.29. The zero-order valence-electron chi connectivity index (χ0n) is 14.3. The molecule has 0 atom stereocenters. The van der Waals surface area contributed by atoms with Crippen molar-refractivity contribution in [1.82, 2.24) is 4.90 Å². The number of cyclic esters (lactones) is 2. The fraction of sp³-hybridized carbons (Fsp3) is 0.278. The molecule has 0 unspecified atom stereocenters. The van der Waals surface area contributed by atoms with Crippen LogP contribution in [0.3, 0.4) is 0 Å². The second-order valence-corrected chi connectivity index (χ2v) is 7.23. The van der Waals surface area contributed by atoms with Crippen LogP contribution in [-0.2, 0) is 19.1 Å². The number of thioether (sulfide) groups is 1. The van der Waals surface area contributed by atoms with Gasteiger partial charge in [0.15, 0.2) is 10.7 Å². The third kappa shape index (κ3) is 3.08. The van der Waals surface area contributed by atoms with Crippen LogP contribution in [0.25, 0.3) is 5.70 Å². The predicted molar refractivity (Wildman–Crippen MR) is 99.0 cm³/mol. The second-order valence-electron chi connectivity index (χ2n) is 6.40. The Labute approximate surface area is 154 Å². The van der Waals surface area contributed by atoms with Gasteiger partial charge in [-0.3, -0.25) is 4.99 Å². The molecule has 3 heterocycles. The first kappa shape index (κ1) is 16.7. The first-order valence-electron chi connectivity index (χ1n) is 8.16. The number of anilines is 1. The average molecular weight is 371 g/mol. The maximum atomic E-state index is 11.9. The lowest BCUT2D eigenvalue weighted by molar-refractivity contribution is -0.222. The second kappa shape index (κ2) is 6.21. The SMILES string of the molecule is CC1(C)OC(=O)C(=CNc2ccc(C3=CSC4=NCCN34)cc2)C(=O)O1. The van der Waals surface area contributed by atoms with E-state index in [1.165, 1.54) is 20.0 Å². The lowest BCUT2D eigenvalue weighted by Crippen LogP contribution is -2.42. The van der Waals surface area contributed by atoms with Gasteiger partial charge in [-0.1, -0.05) is 23.9 Å². The molecule has 1 aromatic carbocycles. The van der Waals surface area contributed by atoms with E-state index in [-0.39, 0.29) is 5.57 Å². The fourth-order valence-corrected chi connectivity index (χ4v) is 3.78. The summed E-state index contributed by atoms with van der Waals surface area (Å²) in [5.41, 5.74) is 2.80. The summed E-state index contributed by atoms with van der Waals surface area (Å²) in [6.45, 7) is 4.76. The molecule has 26 heavy (non-hydrogen) atoms. The van der Waals surface area contributed by atoms with Gasteiger partial charge in [-0.2, -0.15) is 0 Å². The van der Waals surface area contributed by atoms with Crippen LogP contribution in [0.2, 0.25) is 0 Å². The van der Waals surface area contributed by atoms with Crippen LogP contribution in [0.1, 0.15) is 19.4 Å². The molecule has 4 rings (SSSR count). The molecule has 7 nitrogen and oxygen atoms in total. The van der Waals surface area contributed by atoms with Crippen molar-refractivity contribution in [2.24, 2.45) is 4.99 Å². The smallest absolute Gasteiger partial charge is 0.350 e. The van der Waals surface area contributed by atoms with Crippen molar-refractivity contribution >= 4 is 40.3 Å². The Hall–Kier alpha value is -2.74. The highest BCUT2D eigenvalue weighted by Gasteiger charge is 2.38. The van der Waals surface area contributed by atoms with Gasteiger partial charge in [-0.15, -0.1) is 0 Å². The van der Waals surface area contributed by atoms with Gasteiger partial charge < -0.3 is 19.7 Å². The van der Waals surface area contributed by atoms with E-state index in [0.717, 1.165) is 35.2 Å². The van der Waals surface area contributed by atoms with E-state index in [4.69, 9.17) is 9.47 Å². The van der Waals surface area contributed by atoms with Crippen LogP contribution in [0.4, 0.5) is 5.69 Å². The van der Waals surface area contributed by atoms with Crippen LogP contribution in [0, 0.1) is 0 Å². The van der Waals surface area contributed by atoms with Gasteiger partial charge in [-0.05, 0) is 17.7 Å². The number of nitrogens with one attached hydrogen (secondary N) is 1. The van der Waals surface area contributed by atoms with Gasteiger partial charge in [0, 0.05) is 37.7 Å². The first-order chi connectivity index (χ1) is 12.4. The molecule has 0 aliphatic carbocycles. The van der Waals surface area contributed by atoms with Gasteiger partial charge >= 0.3 is 11.9 Å². The summed E-state index contributed by atoms with van der Waals surface area (Å²) in [7, 11) is 0. The van der Waals surface area contributed by atoms with Crippen molar-refractivity contribution in [2.45, 2.75) is 19.6 Å². The highest BCUT2D eigenvalue weighted by Crippen LogP contribution is 2.35. The van der Waals surface area contributed by atoms with E-state index >= 15 is 0 Å². The van der Waals surface area contributed by atoms with Crippen molar-refractivity contribution in [3.63, 3.8) is 0 Å². The summed E-state index contributed by atoms with van der Waals surface area (Å²) in [6.07, 6.45) is 1.31. The van der Waals surface area contributed by atoms with Gasteiger partial charge in [-0.25, -0.2) is 9.59 Å². The number of rotatable bonds is 3. The van der Waals surface area contributed by atoms with Crippen molar-refractivity contribution in [2.75, 3.05) is 18.4 Å². The average Bonchev–Trinajstić information content (AvgIpc) is 3.17. The van der Waals surface area contributed by atoms with Gasteiger partial charge in [0.2, 0.25) is 0 Å². The maximum absolute atomic E-state index is 11.9.